The van der Waals surface area contributed by atoms with Gasteiger partial charge in [0.25, 0.3) is 0 Å². The molecule has 0 unspecified atom stereocenters. The van der Waals surface area contributed by atoms with E-state index >= 15 is 0 Å². The fraction of sp³-hybridized carbons (Fsp3) is 0.467. The van der Waals surface area contributed by atoms with E-state index in [1.54, 1.807) is 20.8 Å². The highest BCUT2D eigenvalue weighted by Crippen LogP contribution is 2.32. The number of alkyl carbamates (subject to hydrolysis) is 1. The van der Waals surface area contributed by atoms with Crippen molar-refractivity contribution in [3.8, 4) is 0 Å². The van der Waals surface area contributed by atoms with Crippen LogP contribution in [0.25, 0.3) is 0 Å². The Morgan fingerprint density at radius 2 is 1.61 bits per heavy atom. The predicted molar refractivity (Wildman–Crippen MR) is 77.4 cm³/mol. The second-order valence-corrected chi connectivity index (χ2v) is 6.19. The van der Waals surface area contributed by atoms with Gasteiger partial charge in [0.15, 0.2) is 0 Å². The van der Waals surface area contributed by atoms with Crippen molar-refractivity contribution in [3.63, 3.8) is 0 Å². The molecule has 0 saturated heterocycles. The van der Waals surface area contributed by atoms with E-state index in [0.29, 0.717) is 0 Å². The summed E-state index contributed by atoms with van der Waals surface area (Å²) in [6.45, 7) is 6.05. The van der Waals surface area contributed by atoms with Crippen molar-refractivity contribution >= 4 is 12.0 Å². The van der Waals surface area contributed by atoms with Crippen molar-refractivity contribution < 1.29 is 27.5 Å². The lowest BCUT2D eigenvalue weighted by Gasteiger charge is -2.30. The molecule has 0 radical (unpaired) electrons. The van der Waals surface area contributed by atoms with Crippen molar-refractivity contribution in [1.82, 2.24) is 5.32 Å². The van der Waals surface area contributed by atoms with Crippen LogP contribution in [0, 0.1) is 0 Å². The topological polar surface area (TPSA) is 81.4 Å². The number of halogens is 3. The number of hydrogen-bond donors (Lipinski definition) is 2. The summed E-state index contributed by atoms with van der Waals surface area (Å²) in [4.78, 5) is 23.6. The number of carbonyl (C=O) groups excluding carboxylic acids is 2. The Hall–Kier alpha value is -2.25. The molecule has 128 valence electrons. The van der Waals surface area contributed by atoms with Crippen LogP contribution in [0.15, 0.2) is 24.3 Å². The second-order valence-electron chi connectivity index (χ2n) is 6.19. The number of rotatable bonds is 3. The van der Waals surface area contributed by atoms with Gasteiger partial charge in [-0.1, -0.05) is 12.1 Å². The Bertz CT molecular complexity index is 609. The number of carbonyl (C=O) groups is 2. The maximum atomic E-state index is 12.8. The molecule has 1 aromatic carbocycles. The summed E-state index contributed by atoms with van der Waals surface area (Å²) in [5.74, 6) is -1.01. The molecule has 23 heavy (non-hydrogen) atoms. The van der Waals surface area contributed by atoms with E-state index in [1.165, 1.54) is 13.0 Å². The van der Waals surface area contributed by atoms with Crippen molar-refractivity contribution in [1.29, 1.82) is 0 Å². The van der Waals surface area contributed by atoms with Gasteiger partial charge in [-0.05, 0) is 45.4 Å². The van der Waals surface area contributed by atoms with Crippen molar-refractivity contribution in [3.05, 3.63) is 35.4 Å². The minimum absolute atomic E-state index is 0.0920. The number of primary amides is 1. The van der Waals surface area contributed by atoms with Crippen LogP contribution >= 0.6 is 0 Å². The molecule has 0 aliphatic heterocycles. The lowest BCUT2D eigenvalue weighted by molar-refractivity contribution is -0.137. The first kappa shape index (κ1) is 18.8. The molecular weight excluding hydrogens is 313 g/mol. The van der Waals surface area contributed by atoms with Crippen LogP contribution in [0.3, 0.4) is 0 Å². The molecule has 0 bridgehead atoms. The quantitative estimate of drug-likeness (QED) is 0.893. The molecule has 1 atom stereocenters. The van der Waals surface area contributed by atoms with Crippen LogP contribution < -0.4 is 11.1 Å². The summed E-state index contributed by atoms with van der Waals surface area (Å²) < 4.78 is 43.5. The summed E-state index contributed by atoms with van der Waals surface area (Å²) in [5, 5.41) is 2.24. The monoisotopic (exact) mass is 332 g/mol. The van der Waals surface area contributed by atoms with E-state index in [-0.39, 0.29) is 5.56 Å². The standard InChI is InChI=1S/C15H19F3N2O3/c1-13(2,3)23-12(22)20-14(4,11(19)21)9-6-5-7-10(8-9)15(16,17)18/h5-8H,1-4H3,(H2,19,21)(H,20,22)/t14-/m1/s1. The van der Waals surface area contributed by atoms with Gasteiger partial charge in [-0.2, -0.15) is 13.2 Å². The smallest absolute Gasteiger partial charge is 0.416 e. The molecule has 5 nitrogen and oxygen atoms in total. The molecule has 0 aliphatic carbocycles. The van der Waals surface area contributed by atoms with Crippen molar-refractivity contribution in [2.45, 2.75) is 45.0 Å². The van der Waals surface area contributed by atoms with Gasteiger partial charge in [-0.3, -0.25) is 4.79 Å². The molecule has 0 saturated carbocycles. The molecular formula is C15H19F3N2O3. The minimum Gasteiger partial charge on any atom is -0.444 e. The summed E-state index contributed by atoms with van der Waals surface area (Å²) in [7, 11) is 0. The Labute approximate surface area is 132 Å². The Balaban J connectivity index is 3.20. The Morgan fingerprint density at radius 3 is 2.04 bits per heavy atom. The Morgan fingerprint density at radius 1 is 1.09 bits per heavy atom. The molecule has 2 amide bonds. The summed E-state index contributed by atoms with van der Waals surface area (Å²) in [5.41, 5.74) is 1.56. The number of alkyl halides is 3. The van der Waals surface area contributed by atoms with Gasteiger partial charge in [0, 0.05) is 0 Å². The SMILES string of the molecule is CC(C)(C)OC(=O)N[C@@](C)(C(N)=O)c1cccc(C(F)(F)F)c1. The summed E-state index contributed by atoms with van der Waals surface area (Å²) in [6.07, 6.45) is -5.54. The van der Waals surface area contributed by atoms with Crippen molar-refractivity contribution in [2.75, 3.05) is 0 Å². The van der Waals surface area contributed by atoms with E-state index in [2.05, 4.69) is 5.32 Å². The van der Waals surface area contributed by atoms with E-state index in [4.69, 9.17) is 10.5 Å². The first-order valence-corrected chi connectivity index (χ1v) is 6.74. The van der Waals surface area contributed by atoms with E-state index < -0.39 is 34.9 Å². The summed E-state index contributed by atoms with van der Waals surface area (Å²) in [6, 6.07) is 4.04. The van der Waals surface area contributed by atoms with Crippen LogP contribution in [0.2, 0.25) is 0 Å². The van der Waals surface area contributed by atoms with Gasteiger partial charge in [0.1, 0.15) is 11.1 Å². The van der Waals surface area contributed by atoms with Gasteiger partial charge >= 0.3 is 12.3 Å². The van der Waals surface area contributed by atoms with E-state index in [1.807, 2.05) is 0 Å². The minimum atomic E-state index is -4.58. The molecule has 0 aromatic heterocycles. The number of benzene rings is 1. The number of hydrogen-bond acceptors (Lipinski definition) is 3. The van der Waals surface area contributed by atoms with Crippen LogP contribution in [-0.2, 0) is 21.2 Å². The highest BCUT2D eigenvalue weighted by Gasteiger charge is 2.39. The van der Waals surface area contributed by atoms with Gasteiger partial charge < -0.3 is 15.8 Å². The maximum Gasteiger partial charge on any atom is 0.416 e. The highest BCUT2D eigenvalue weighted by molar-refractivity contribution is 5.89. The fourth-order valence-electron chi connectivity index (χ4n) is 1.79. The normalized spacial score (nSPS) is 14.7. The third kappa shape index (κ3) is 4.87. The lowest BCUT2D eigenvalue weighted by Crippen LogP contribution is -2.53. The number of amides is 2. The zero-order valence-corrected chi connectivity index (χ0v) is 13.2. The maximum absolute atomic E-state index is 12.8. The zero-order chi connectivity index (χ0) is 18.1. The summed E-state index contributed by atoms with van der Waals surface area (Å²) >= 11 is 0. The molecule has 0 aliphatic rings. The average molecular weight is 332 g/mol. The molecule has 0 heterocycles. The van der Waals surface area contributed by atoms with E-state index in [0.717, 1.165) is 18.2 Å². The average Bonchev–Trinajstić information content (AvgIpc) is 2.35. The largest absolute Gasteiger partial charge is 0.444 e. The highest BCUT2D eigenvalue weighted by atomic mass is 19.4. The molecule has 0 fully saturated rings. The number of nitrogens with two attached hydrogens (primary N) is 1. The third-order valence-corrected chi connectivity index (χ3v) is 3.01. The van der Waals surface area contributed by atoms with Crippen LogP contribution in [-0.4, -0.2) is 17.6 Å². The lowest BCUT2D eigenvalue weighted by atomic mass is 9.90. The van der Waals surface area contributed by atoms with Gasteiger partial charge in [-0.15, -0.1) is 0 Å². The fourth-order valence-corrected chi connectivity index (χ4v) is 1.79. The van der Waals surface area contributed by atoms with E-state index in [9.17, 15) is 22.8 Å². The first-order valence-electron chi connectivity index (χ1n) is 6.74. The van der Waals surface area contributed by atoms with Crippen LogP contribution in [0.1, 0.15) is 38.8 Å². The first-order chi connectivity index (χ1) is 10.3. The van der Waals surface area contributed by atoms with Crippen LogP contribution in [0.5, 0.6) is 0 Å². The number of nitrogens with one attached hydrogen (secondary N) is 1. The van der Waals surface area contributed by atoms with Gasteiger partial charge in [0.05, 0.1) is 5.56 Å². The molecule has 1 rings (SSSR count). The Kier molecular flexibility index (Phi) is 4.98. The predicted octanol–water partition coefficient (Wildman–Crippen LogP) is 2.93. The second kappa shape index (κ2) is 6.10. The molecule has 3 N–H and O–H groups in total. The third-order valence-electron chi connectivity index (χ3n) is 3.01. The van der Waals surface area contributed by atoms with Crippen molar-refractivity contribution in [2.24, 2.45) is 5.73 Å². The van der Waals surface area contributed by atoms with Gasteiger partial charge in [-0.25, -0.2) is 4.79 Å². The zero-order valence-electron chi connectivity index (χ0n) is 13.2. The number of ether oxygens (including phenoxy) is 1. The van der Waals surface area contributed by atoms with Gasteiger partial charge in [0.2, 0.25) is 5.91 Å². The molecule has 8 heteroatoms. The molecule has 0 spiro atoms. The molecule has 1 aromatic rings. The van der Waals surface area contributed by atoms with Crippen LogP contribution in [0.4, 0.5) is 18.0 Å².